The Kier molecular flexibility index (Phi) is 5.55. The predicted octanol–water partition coefficient (Wildman–Crippen LogP) is 2.01. The number of carbonyl (C=O) groups is 1. The van der Waals surface area contributed by atoms with E-state index in [9.17, 15) is 4.79 Å². The Morgan fingerprint density at radius 3 is 2.71 bits per heavy atom. The lowest BCUT2D eigenvalue weighted by molar-refractivity contribution is -0.671. The number of rotatable bonds is 7. The maximum absolute atomic E-state index is 12.5. The lowest BCUT2D eigenvalue weighted by Gasteiger charge is -2.14. The van der Waals surface area contributed by atoms with Crippen LogP contribution < -0.4 is 9.88 Å². The first-order valence-corrected chi connectivity index (χ1v) is 7.55. The van der Waals surface area contributed by atoms with Crippen molar-refractivity contribution in [3.05, 3.63) is 54.6 Å². The largest absolute Gasteiger partial charge is 0.352 e. The lowest BCUT2D eigenvalue weighted by Crippen LogP contribution is -2.35. The van der Waals surface area contributed by atoms with E-state index in [-0.39, 0.29) is 11.9 Å². The van der Waals surface area contributed by atoms with Crippen molar-refractivity contribution in [3.8, 4) is 0 Å². The molecule has 1 atom stereocenters. The SMILES string of the molecule is CCCCNC(=O)[C@H](Cc1ccccc1)n1cc[n+](C)c1. The third kappa shape index (κ3) is 4.45. The van der Waals surface area contributed by atoms with E-state index >= 15 is 0 Å². The van der Waals surface area contributed by atoms with Crippen LogP contribution in [0.15, 0.2) is 49.1 Å². The highest BCUT2D eigenvalue weighted by Crippen LogP contribution is 2.14. The number of benzene rings is 1. The van der Waals surface area contributed by atoms with Crippen LogP contribution in [0.4, 0.5) is 0 Å². The Balaban J connectivity index is 2.12. The third-order valence-corrected chi connectivity index (χ3v) is 3.55. The van der Waals surface area contributed by atoms with Crippen LogP contribution in [0.25, 0.3) is 0 Å². The third-order valence-electron chi connectivity index (χ3n) is 3.55. The molecule has 0 bridgehead atoms. The average Bonchev–Trinajstić information content (AvgIpc) is 2.92. The lowest BCUT2D eigenvalue weighted by atomic mass is 10.1. The molecule has 0 saturated carbocycles. The Hall–Kier alpha value is -2.10. The summed E-state index contributed by atoms with van der Waals surface area (Å²) in [5.74, 6) is 0.0866. The fourth-order valence-corrected chi connectivity index (χ4v) is 2.33. The first kappa shape index (κ1) is 15.3. The number of imidazole rings is 1. The van der Waals surface area contributed by atoms with Gasteiger partial charge in [-0.15, -0.1) is 0 Å². The number of carbonyl (C=O) groups excluding carboxylic acids is 1. The molecule has 0 radical (unpaired) electrons. The summed E-state index contributed by atoms with van der Waals surface area (Å²) in [6, 6.07) is 9.94. The number of aryl methyl sites for hydroxylation is 1. The first-order valence-electron chi connectivity index (χ1n) is 7.55. The van der Waals surface area contributed by atoms with Gasteiger partial charge in [-0.3, -0.25) is 4.79 Å². The van der Waals surface area contributed by atoms with E-state index in [1.165, 1.54) is 5.56 Å². The topological polar surface area (TPSA) is 37.9 Å². The van der Waals surface area contributed by atoms with E-state index in [1.54, 1.807) is 0 Å². The minimum atomic E-state index is -0.203. The summed E-state index contributed by atoms with van der Waals surface area (Å²) in [4.78, 5) is 12.5. The molecule has 0 aliphatic carbocycles. The summed E-state index contributed by atoms with van der Waals surface area (Å²) in [6.07, 6.45) is 8.66. The normalized spacial score (nSPS) is 12.1. The van der Waals surface area contributed by atoms with E-state index in [1.807, 2.05) is 53.1 Å². The highest BCUT2D eigenvalue weighted by Gasteiger charge is 2.25. The van der Waals surface area contributed by atoms with Gasteiger partial charge in [-0.25, -0.2) is 9.13 Å². The highest BCUT2D eigenvalue weighted by molar-refractivity contribution is 5.80. The maximum atomic E-state index is 12.5. The molecule has 1 aromatic heterocycles. The van der Waals surface area contributed by atoms with Crippen molar-refractivity contribution in [2.75, 3.05) is 6.54 Å². The fourth-order valence-electron chi connectivity index (χ4n) is 2.33. The molecule has 4 heteroatoms. The molecule has 4 nitrogen and oxygen atoms in total. The van der Waals surface area contributed by atoms with E-state index in [2.05, 4.69) is 24.4 Å². The van der Waals surface area contributed by atoms with E-state index in [0.29, 0.717) is 6.42 Å². The fraction of sp³-hybridized carbons (Fsp3) is 0.412. The van der Waals surface area contributed by atoms with Crippen LogP contribution in [0.1, 0.15) is 31.4 Å². The minimum Gasteiger partial charge on any atom is -0.352 e. The van der Waals surface area contributed by atoms with Gasteiger partial charge in [0.25, 0.3) is 5.91 Å². The molecular weight excluding hydrogens is 262 g/mol. The van der Waals surface area contributed by atoms with Crippen LogP contribution in [-0.4, -0.2) is 17.0 Å². The second-order valence-corrected chi connectivity index (χ2v) is 5.38. The van der Waals surface area contributed by atoms with Gasteiger partial charge in [0.15, 0.2) is 6.04 Å². The summed E-state index contributed by atoms with van der Waals surface area (Å²) in [5, 5.41) is 3.04. The Morgan fingerprint density at radius 2 is 2.10 bits per heavy atom. The van der Waals surface area contributed by atoms with E-state index in [4.69, 9.17) is 0 Å². The van der Waals surface area contributed by atoms with Gasteiger partial charge in [-0.1, -0.05) is 43.7 Å². The smallest absolute Gasteiger partial charge is 0.265 e. The number of nitrogens with zero attached hydrogens (tertiary/aromatic N) is 2. The average molecular weight is 286 g/mol. The number of hydrogen-bond acceptors (Lipinski definition) is 1. The number of nitrogens with one attached hydrogen (secondary N) is 1. The van der Waals surface area contributed by atoms with Gasteiger partial charge < -0.3 is 5.32 Å². The van der Waals surface area contributed by atoms with Crippen molar-refractivity contribution in [2.24, 2.45) is 7.05 Å². The van der Waals surface area contributed by atoms with Gasteiger partial charge in [0.05, 0.1) is 7.05 Å². The van der Waals surface area contributed by atoms with Gasteiger partial charge in [-0.2, -0.15) is 0 Å². The molecule has 2 rings (SSSR count). The molecule has 0 aliphatic heterocycles. The number of amides is 1. The van der Waals surface area contributed by atoms with Crippen molar-refractivity contribution in [1.82, 2.24) is 9.88 Å². The molecule has 2 aromatic rings. The number of aromatic nitrogens is 2. The van der Waals surface area contributed by atoms with Crippen LogP contribution in [0.5, 0.6) is 0 Å². The van der Waals surface area contributed by atoms with E-state index in [0.717, 1.165) is 19.4 Å². The molecule has 112 valence electrons. The first-order chi connectivity index (χ1) is 10.2. The van der Waals surface area contributed by atoms with E-state index < -0.39 is 0 Å². The van der Waals surface area contributed by atoms with Gasteiger partial charge in [0, 0.05) is 13.0 Å². The zero-order chi connectivity index (χ0) is 15.1. The van der Waals surface area contributed by atoms with Crippen LogP contribution >= 0.6 is 0 Å². The van der Waals surface area contributed by atoms with Crippen LogP contribution in [0.3, 0.4) is 0 Å². The molecule has 1 heterocycles. The zero-order valence-corrected chi connectivity index (χ0v) is 12.8. The van der Waals surface area contributed by atoms with Crippen molar-refractivity contribution in [1.29, 1.82) is 0 Å². The summed E-state index contributed by atoms with van der Waals surface area (Å²) < 4.78 is 3.94. The molecule has 0 unspecified atom stereocenters. The van der Waals surface area contributed by atoms with Gasteiger partial charge in [0.1, 0.15) is 12.4 Å². The van der Waals surface area contributed by atoms with Crippen LogP contribution in [-0.2, 0) is 18.3 Å². The summed E-state index contributed by atoms with van der Waals surface area (Å²) in [7, 11) is 1.96. The number of unbranched alkanes of at least 4 members (excludes halogenated alkanes) is 1. The van der Waals surface area contributed by atoms with Crippen LogP contribution in [0, 0.1) is 0 Å². The standard InChI is InChI=1S/C17H23N3O/c1-3-4-10-18-17(21)16(20-12-11-19(2)14-20)13-15-8-6-5-7-9-15/h5-9,11-12,14,16H,3-4,10,13H2,1-2H3/p+1/t16-/m0/s1. The summed E-state index contributed by atoms with van der Waals surface area (Å²) in [6.45, 7) is 2.87. The number of hydrogen-bond donors (Lipinski definition) is 1. The zero-order valence-electron chi connectivity index (χ0n) is 12.8. The molecule has 1 aromatic carbocycles. The second kappa shape index (κ2) is 7.62. The molecule has 0 spiro atoms. The molecule has 21 heavy (non-hydrogen) atoms. The quantitative estimate of drug-likeness (QED) is 0.613. The van der Waals surface area contributed by atoms with Crippen molar-refractivity contribution < 1.29 is 9.36 Å². The monoisotopic (exact) mass is 286 g/mol. The highest BCUT2D eigenvalue weighted by atomic mass is 16.2. The Bertz CT molecular complexity index is 562. The Labute approximate surface area is 126 Å². The molecule has 1 amide bonds. The van der Waals surface area contributed by atoms with Gasteiger partial charge in [-0.05, 0) is 12.0 Å². The molecule has 0 fully saturated rings. The van der Waals surface area contributed by atoms with Crippen LogP contribution in [0.2, 0.25) is 0 Å². The second-order valence-electron chi connectivity index (χ2n) is 5.38. The predicted molar refractivity (Wildman–Crippen MR) is 82.7 cm³/mol. The molecular formula is C17H24N3O+. The molecule has 1 N–H and O–H groups in total. The van der Waals surface area contributed by atoms with Crippen molar-refractivity contribution in [2.45, 2.75) is 32.2 Å². The minimum absolute atomic E-state index is 0.0866. The molecule has 0 saturated heterocycles. The summed E-state index contributed by atoms with van der Waals surface area (Å²) in [5.41, 5.74) is 1.17. The maximum Gasteiger partial charge on any atom is 0.265 e. The van der Waals surface area contributed by atoms with Crippen molar-refractivity contribution >= 4 is 5.91 Å². The Morgan fingerprint density at radius 1 is 1.33 bits per heavy atom. The summed E-state index contributed by atoms with van der Waals surface area (Å²) >= 11 is 0. The van der Waals surface area contributed by atoms with Gasteiger partial charge in [0.2, 0.25) is 6.33 Å². The van der Waals surface area contributed by atoms with Gasteiger partial charge >= 0.3 is 0 Å². The van der Waals surface area contributed by atoms with Crippen molar-refractivity contribution in [3.63, 3.8) is 0 Å². The molecule has 0 aliphatic rings.